The first-order chi connectivity index (χ1) is 16.5. The largest absolute Gasteiger partial charge is 0.497 e. The van der Waals surface area contributed by atoms with Crippen LogP contribution in [0.25, 0.3) is 11.0 Å². The number of fused-ring (bicyclic) bond motifs is 1. The minimum Gasteiger partial charge on any atom is -0.497 e. The Morgan fingerprint density at radius 1 is 0.824 bits per heavy atom. The minimum atomic E-state index is -0.873. The molecule has 174 valence electrons. The van der Waals surface area contributed by atoms with E-state index >= 15 is 0 Å². The Morgan fingerprint density at radius 2 is 1.50 bits per heavy atom. The molecule has 8 nitrogen and oxygen atoms in total. The van der Waals surface area contributed by atoms with Crippen molar-refractivity contribution in [2.75, 3.05) is 24.9 Å². The Morgan fingerprint density at radius 3 is 2.21 bits per heavy atom. The quantitative estimate of drug-likeness (QED) is 0.379. The van der Waals surface area contributed by atoms with Crippen LogP contribution in [0, 0.1) is 0 Å². The molecule has 3 aromatic carbocycles. The van der Waals surface area contributed by atoms with Crippen molar-refractivity contribution >= 4 is 34.2 Å². The number of rotatable bonds is 8. The Hall–Kier alpha value is -4.46. The molecule has 0 spiro atoms. The van der Waals surface area contributed by atoms with Crippen molar-refractivity contribution in [3.63, 3.8) is 0 Å². The third kappa shape index (κ3) is 4.80. The number of carbonyl (C=O) groups excluding carboxylic acids is 2. The number of para-hydroxylation sites is 3. The van der Waals surface area contributed by atoms with Gasteiger partial charge in [0.2, 0.25) is 5.76 Å². The van der Waals surface area contributed by atoms with Gasteiger partial charge in [0, 0.05) is 11.1 Å². The fourth-order valence-corrected chi connectivity index (χ4v) is 3.38. The second-order valence-corrected chi connectivity index (χ2v) is 7.39. The van der Waals surface area contributed by atoms with Crippen molar-refractivity contribution in [3.05, 3.63) is 78.6 Å². The van der Waals surface area contributed by atoms with Gasteiger partial charge < -0.3 is 29.3 Å². The molecule has 0 radical (unpaired) electrons. The lowest BCUT2D eigenvalue weighted by Crippen LogP contribution is -2.31. The predicted molar refractivity (Wildman–Crippen MR) is 129 cm³/mol. The zero-order valence-electron chi connectivity index (χ0n) is 19.0. The summed E-state index contributed by atoms with van der Waals surface area (Å²) in [6, 6.07) is 21.0. The van der Waals surface area contributed by atoms with Gasteiger partial charge in [-0.25, -0.2) is 0 Å². The molecule has 0 saturated heterocycles. The van der Waals surface area contributed by atoms with Crippen LogP contribution in [0.4, 0.5) is 11.4 Å². The number of furan rings is 1. The fraction of sp³-hybridized carbons (Fsp3) is 0.154. The number of carbonyl (C=O) groups is 2. The maximum Gasteiger partial charge on any atom is 0.293 e. The Kier molecular flexibility index (Phi) is 6.68. The number of benzene rings is 3. The van der Waals surface area contributed by atoms with Gasteiger partial charge in [-0.3, -0.25) is 9.59 Å². The molecule has 4 aromatic rings. The molecule has 0 saturated carbocycles. The third-order valence-electron chi connectivity index (χ3n) is 5.14. The van der Waals surface area contributed by atoms with Gasteiger partial charge in [0.15, 0.2) is 17.6 Å². The lowest BCUT2D eigenvalue weighted by Gasteiger charge is -2.16. The number of hydrogen-bond donors (Lipinski definition) is 2. The molecule has 1 aromatic heterocycles. The van der Waals surface area contributed by atoms with Crippen molar-refractivity contribution in [2.45, 2.75) is 13.0 Å². The Labute approximate surface area is 196 Å². The fourth-order valence-electron chi connectivity index (χ4n) is 3.38. The van der Waals surface area contributed by atoms with Crippen LogP contribution in [-0.2, 0) is 4.79 Å². The zero-order chi connectivity index (χ0) is 24.1. The highest BCUT2D eigenvalue weighted by atomic mass is 16.5. The normalized spacial score (nSPS) is 11.5. The summed E-state index contributed by atoms with van der Waals surface area (Å²) < 4.78 is 22.0. The van der Waals surface area contributed by atoms with Gasteiger partial charge in [-0.05, 0) is 55.5 Å². The van der Waals surface area contributed by atoms with Crippen LogP contribution in [-0.4, -0.2) is 32.1 Å². The van der Waals surface area contributed by atoms with E-state index in [4.69, 9.17) is 18.6 Å². The first-order valence-corrected chi connectivity index (χ1v) is 10.6. The van der Waals surface area contributed by atoms with Gasteiger partial charge in [-0.1, -0.05) is 24.3 Å². The first kappa shape index (κ1) is 22.7. The number of methoxy groups -OCH3 is 2. The molecule has 0 unspecified atom stereocenters. The van der Waals surface area contributed by atoms with E-state index in [1.54, 1.807) is 80.8 Å². The van der Waals surface area contributed by atoms with Gasteiger partial charge in [0.25, 0.3) is 11.8 Å². The average molecular weight is 460 g/mol. The molecule has 2 amide bonds. The van der Waals surface area contributed by atoms with Crippen molar-refractivity contribution in [2.24, 2.45) is 0 Å². The van der Waals surface area contributed by atoms with E-state index < -0.39 is 17.9 Å². The summed E-state index contributed by atoms with van der Waals surface area (Å²) >= 11 is 0. The van der Waals surface area contributed by atoms with Crippen LogP contribution in [0.1, 0.15) is 17.5 Å². The number of nitrogens with one attached hydrogen (secondary N) is 2. The number of ether oxygens (including phenoxy) is 3. The van der Waals surface area contributed by atoms with Crippen LogP contribution in [0.5, 0.6) is 17.2 Å². The average Bonchev–Trinajstić information content (AvgIpc) is 3.23. The molecular formula is C26H24N2O6. The smallest absolute Gasteiger partial charge is 0.293 e. The van der Waals surface area contributed by atoms with E-state index in [0.29, 0.717) is 33.9 Å². The lowest BCUT2D eigenvalue weighted by atomic mass is 10.2. The molecule has 0 fully saturated rings. The van der Waals surface area contributed by atoms with Crippen molar-refractivity contribution in [3.8, 4) is 17.2 Å². The SMILES string of the molecule is COc1ccc(NC(=O)c2oc3ccccc3c2NC(=O)[C@H](C)Oc2ccccc2OC)cc1. The highest BCUT2D eigenvalue weighted by Crippen LogP contribution is 2.32. The molecule has 8 heteroatoms. The van der Waals surface area contributed by atoms with Gasteiger partial charge in [-0.2, -0.15) is 0 Å². The van der Waals surface area contributed by atoms with Crippen LogP contribution >= 0.6 is 0 Å². The number of amides is 2. The molecular weight excluding hydrogens is 436 g/mol. The van der Waals surface area contributed by atoms with Crippen LogP contribution in [0.15, 0.2) is 77.2 Å². The molecule has 2 N–H and O–H groups in total. The highest BCUT2D eigenvalue weighted by Gasteiger charge is 2.25. The summed E-state index contributed by atoms with van der Waals surface area (Å²) in [4.78, 5) is 26.0. The van der Waals surface area contributed by atoms with Gasteiger partial charge in [0.1, 0.15) is 17.0 Å². The molecule has 0 aliphatic carbocycles. The second-order valence-electron chi connectivity index (χ2n) is 7.39. The molecule has 0 aliphatic rings. The zero-order valence-corrected chi connectivity index (χ0v) is 19.0. The number of hydrogen-bond acceptors (Lipinski definition) is 6. The van der Waals surface area contributed by atoms with Crippen LogP contribution < -0.4 is 24.8 Å². The molecule has 4 rings (SSSR count). The van der Waals surface area contributed by atoms with Crippen molar-refractivity contribution in [1.82, 2.24) is 0 Å². The third-order valence-corrected chi connectivity index (χ3v) is 5.14. The Bertz CT molecular complexity index is 1310. The summed E-state index contributed by atoms with van der Waals surface area (Å²) in [5, 5.41) is 6.18. The summed E-state index contributed by atoms with van der Waals surface area (Å²) in [7, 11) is 3.09. The van der Waals surface area contributed by atoms with E-state index in [9.17, 15) is 9.59 Å². The maximum absolute atomic E-state index is 13.0. The van der Waals surface area contributed by atoms with E-state index in [0.717, 1.165) is 0 Å². The van der Waals surface area contributed by atoms with Crippen LogP contribution in [0.2, 0.25) is 0 Å². The monoisotopic (exact) mass is 460 g/mol. The summed E-state index contributed by atoms with van der Waals surface area (Å²) in [5.74, 6) is 0.636. The summed E-state index contributed by atoms with van der Waals surface area (Å²) in [6.45, 7) is 1.61. The number of anilines is 2. The second kappa shape index (κ2) is 9.99. The van der Waals surface area contributed by atoms with E-state index in [1.807, 2.05) is 6.07 Å². The minimum absolute atomic E-state index is 0.0186. The van der Waals surface area contributed by atoms with Gasteiger partial charge in [0.05, 0.1) is 14.2 Å². The summed E-state index contributed by atoms with van der Waals surface area (Å²) in [5.41, 5.74) is 1.29. The van der Waals surface area contributed by atoms with Gasteiger partial charge >= 0.3 is 0 Å². The first-order valence-electron chi connectivity index (χ1n) is 10.6. The molecule has 0 bridgehead atoms. The molecule has 0 aliphatic heterocycles. The molecule has 34 heavy (non-hydrogen) atoms. The maximum atomic E-state index is 13.0. The standard InChI is InChI=1S/C26H24N2O6/c1-16(33-22-11-7-6-10-21(22)32-3)25(29)28-23-19-8-4-5-9-20(19)34-24(23)26(30)27-17-12-14-18(31-2)15-13-17/h4-16H,1-3H3,(H,27,30)(H,28,29)/t16-/m0/s1. The highest BCUT2D eigenvalue weighted by molar-refractivity contribution is 6.15. The van der Waals surface area contributed by atoms with Gasteiger partial charge in [-0.15, -0.1) is 0 Å². The molecule has 1 atom stereocenters. The predicted octanol–water partition coefficient (Wildman–Crippen LogP) is 5.11. The van der Waals surface area contributed by atoms with Crippen molar-refractivity contribution in [1.29, 1.82) is 0 Å². The van der Waals surface area contributed by atoms with E-state index in [1.165, 1.54) is 7.11 Å². The molecule has 1 heterocycles. The Balaban J connectivity index is 1.58. The van der Waals surface area contributed by atoms with Crippen LogP contribution in [0.3, 0.4) is 0 Å². The summed E-state index contributed by atoms with van der Waals surface area (Å²) in [6.07, 6.45) is -0.873. The lowest BCUT2D eigenvalue weighted by molar-refractivity contribution is -0.122. The van der Waals surface area contributed by atoms with Crippen molar-refractivity contribution < 1.29 is 28.2 Å². The topological polar surface area (TPSA) is 99.0 Å². The van der Waals surface area contributed by atoms with E-state index in [-0.39, 0.29) is 11.4 Å². The van der Waals surface area contributed by atoms with E-state index in [2.05, 4.69) is 10.6 Å².